The lowest BCUT2D eigenvalue weighted by Crippen LogP contribution is -2.60. The summed E-state index contributed by atoms with van der Waals surface area (Å²) in [6.07, 6.45) is 11.0. The van der Waals surface area contributed by atoms with E-state index in [1.165, 1.54) is 51.4 Å². The molecule has 1 heterocycles. The normalized spacial score (nSPS) is 32.7. The number of hydrogen-bond acceptors (Lipinski definition) is 3. The van der Waals surface area contributed by atoms with Gasteiger partial charge in [0.25, 0.3) is 0 Å². The van der Waals surface area contributed by atoms with Gasteiger partial charge in [0.2, 0.25) is 5.91 Å². The van der Waals surface area contributed by atoms with Crippen LogP contribution in [0, 0.1) is 5.41 Å². The second kappa shape index (κ2) is 5.41. The van der Waals surface area contributed by atoms with Crippen LogP contribution < -0.4 is 11.1 Å². The van der Waals surface area contributed by atoms with E-state index in [1.54, 1.807) is 0 Å². The first-order valence-corrected chi connectivity index (χ1v) is 7.96. The van der Waals surface area contributed by atoms with Crippen LogP contribution in [0.4, 0.5) is 0 Å². The summed E-state index contributed by atoms with van der Waals surface area (Å²) in [6.45, 7) is 2.70. The maximum atomic E-state index is 11.6. The molecule has 3 fully saturated rings. The Kier molecular flexibility index (Phi) is 3.81. The molecule has 2 saturated carbocycles. The van der Waals surface area contributed by atoms with E-state index in [9.17, 15) is 4.79 Å². The van der Waals surface area contributed by atoms with Crippen molar-refractivity contribution in [3.8, 4) is 0 Å². The zero-order chi connectivity index (χ0) is 13.3. The molecular weight excluding hydrogens is 238 g/mol. The summed E-state index contributed by atoms with van der Waals surface area (Å²) in [5, 5.41) is 3.29. The van der Waals surface area contributed by atoms with E-state index in [-0.39, 0.29) is 11.9 Å². The van der Waals surface area contributed by atoms with Crippen molar-refractivity contribution in [1.82, 2.24) is 10.2 Å². The summed E-state index contributed by atoms with van der Waals surface area (Å²) >= 11 is 0. The average molecular weight is 265 g/mol. The average Bonchev–Trinajstić information content (AvgIpc) is 2.88. The molecule has 1 aliphatic heterocycles. The first-order valence-electron chi connectivity index (χ1n) is 7.96. The lowest BCUT2D eigenvalue weighted by molar-refractivity contribution is -0.125. The van der Waals surface area contributed by atoms with Crippen molar-refractivity contribution in [3.63, 3.8) is 0 Å². The minimum Gasteiger partial charge on any atom is -0.368 e. The molecule has 108 valence electrons. The summed E-state index contributed by atoms with van der Waals surface area (Å²) in [5.41, 5.74) is 6.23. The molecule has 0 aromatic heterocycles. The number of carbonyl (C=O) groups is 1. The van der Waals surface area contributed by atoms with Gasteiger partial charge in [0, 0.05) is 25.7 Å². The number of piperazine rings is 1. The van der Waals surface area contributed by atoms with E-state index >= 15 is 0 Å². The fourth-order valence-electron chi connectivity index (χ4n) is 4.59. The van der Waals surface area contributed by atoms with E-state index in [0.717, 1.165) is 19.6 Å². The molecule has 1 atom stereocenters. The van der Waals surface area contributed by atoms with Gasteiger partial charge in [-0.05, 0) is 43.9 Å². The largest absolute Gasteiger partial charge is 0.368 e. The Labute approximate surface area is 116 Å². The molecule has 1 unspecified atom stereocenters. The summed E-state index contributed by atoms with van der Waals surface area (Å²) < 4.78 is 0. The SMILES string of the molecule is NC(=O)C1CNCCN1C1CCC2(CCCC2)CC1. The number of primary amides is 1. The highest BCUT2D eigenvalue weighted by atomic mass is 16.1. The highest BCUT2D eigenvalue weighted by Crippen LogP contribution is 2.49. The van der Waals surface area contributed by atoms with E-state index in [1.807, 2.05) is 0 Å². The van der Waals surface area contributed by atoms with Crippen LogP contribution >= 0.6 is 0 Å². The van der Waals surface area contributed by atoms with Gasteiger partial charge in [0.05, 0.1) is 0 Å². The van der Waals surface area contributed by atoms with Gasteiger partial charge < -0.3 is 11.1 Å². The molecule has 19 heavy (non-hydrogen) atoms. The lowest BCUT2D eigenvalue weighted by atomic mass is 9.71. The number of carbonyl (C=O) groups excluding carboxylic acids is 1. The van der Waals surface area contributed by atoms with E-state index in [4.69, 9.17) is 5.73 Å². The van der Waals surface area contributed by atoms with Gasteiger partial charge in [-0.3, -0.25) is 9.69 Å². The van der Waals surface area contributed by atoms with Crippen molar-refractivity contribution in [2.24, 2.45) is 11.1 Å². The topological polar surface area (TPSA) is 58.4 Å². The van der Waals surface area contributed by atoms with Crippen molar-refractivity contribution in [1.29, 1.82) is 0 Å². The van der Waals surface area contributed by atoms with Crippen LogP contribution in [0.25, 0.3) is 0 Å². The Morgan fingerprint density at radius 1 is 1.16 bits per heavy atom. The minimum absolute atomic E-state index is 0.0867. The van der Waals surface area contributed by atoms with Gasteiger partial charge >= 0.3 is 0 Å². The fourth-order valence-corrected chi connectivity index (χ4v) is 4.59. The van der Waals surface area contributed by atoms with Gasteiger partial charge in [-0.25, -0.2) is 0 Å². The minimum atomic E-state index is -0.159. The van der Waals surface area contributed by atoms with E-state index in [2.05, 4.69) is 10.2 Å². The lowest BCUT2D eigenvalue weighted by Gasteiger charge is -2.45. The summed E-state index contributed by atoms with van der Waals surface area (Å²) in [5.74, 6) is -0.159. The molecule has 2 aliphatic carbocycles. The Balaban J connectivity index is 1.61. The van der Waals surface area contributed by atoms with Crippen molar-refractivity contribution >= 4 is 5.91 Å². The number of amides is 1. The highest BCUT2D eigenvalue weighted by Gasteiger charge is 2.41. The Bertz CT molecular complexity index is 328. The smallest absolute Gasteiger partial charge is 0.236 e. The van der Waals surface area contributed by atoms with Crippen LogP contribution in [-0.2, 0) is 4.79 Å². The molecule has 4 nitrogen and oxygen atoms in total. The number of nitrogens with one attached hydrogen (secondary N) is 1. The van der Waals surface area contributed by atoms with Crippen LogP contribution in [0.5, 0.6) is 0 Å². The summed E-state index contributed by atoms with van der Waals surface area (Å²) in [7, 11) is 0. The number of rotatable bonds is 2. The predicted octanol–water partition coefficient (Wildman–Crippen LogP) is 1.25. The van der Waals surface area contributed by atoms with Gasteiger partial charge in [-0.2, -0.15) is 0 Å². The molecule has 0 radical (unpaired) electrons. The molecular formula is C15H27N3O. The molecule has 1 spiro atoms. The zero-order valence-electron chi connectivity index (χ0n) is 11.9. The van der Waals surface area contributed by atoms with Crippen molar-refractivity contribution < 1.29 is 4.79 Å². The monoisotopic (exact) mass is 265 g/mol. The molecule has 0 aromatic rings. The third-order valence-corrected chi connectivity index (χ3v) is 5.76. The summed E-state index contributed by atoms with van der Waals surface area (Å²) in [6, 6.07) is 0.502. The molecule has 1 saturated heterocycles. The number of nitrogens with zero attached hydrogens (tertiary/aromatic N) is 1. The molecule has 3 N–H and O–H groups in total. The highest BCUT2D eigenvalue weighted by molar-refractivity contribution is 5.80. The van der Waals surface area contributed by atoms with Crippen LogP contribution in [-0.4, -0.2) is 42.5 Å². The Hall–Kier alpha value is -0.610. The van der Waals surface area contributed by atoms with Crippen LogP contribution in [0.2, 0.25) is 0 Å². The first kappa shape index (κ1) is 13.4. The third kappa shape index (κ3) is 2.65. The Morgan fingerprint density at radius 2 is 1.84 bits per heavy atom. The van der Waals surface area contributed by atoms with Crippen molar-refractivity contribution in [3.05, 3.63) is 0 Å². The van der Waals surface area contributed by atoms with E-state index < -0.39 is 0 Å². The quantitative estimate of drug-likeness (QED) is 0.790. The molecule has 1 amide bonds. The molecule has 4 heteroatoms. The van der Waals surface area contributed by atoms with Gasteiger partial charge in [0.1, 0.15) is 6.04 Å². The fraction of sp³-hybridized carbons (Fsp3) is 0.933. The van der Waals surface area contributed by atoms with Crippen molar-refractivity contribution in [2.45, 2.75) is 63.5 Å². The van der Waals surface area contributed by atoms with Crippen LogP contribution in [0.15, 0.2) is 0 Å². The maximum Gasteiger partial charge on any atom is 0.236 e. The Morgan fingerprint density at radius 3 is 2.47 bits per heavy atom. The first-order chi connectivity index (χ1) is 9.20. The van der Waals surface area contributed by atoms with Gasteiger partial charge in [-0.1, -0.05) is 12.8 Å². The second-order valence-corrected chi connectivity index (χ2v) is 6.80. The molecule has 0 bridgehead atoms. The third-order valence-electron chi connectivity index (χ3n) is 5.76. The summed E-state index contributed by atoms with van der Waals surface area (Å²) in [4.78, 5) is 14.0. The van der Waals surface area contributed by atoms with Gasteiger partial charge in [0.15, 0.2) is 0 Å². The predicted molar refractivity (Wildman–Crippen MR) is 75.7 cm³/mol. The van der Waals surface area contributed by atoms with Crippen molar-refractivity contribution in [2.75, 3.05) is 19.6 Å². The zero-order valence-corrected chi connectivity index (χ0v) is 11.9. The van der Waals surface area contributed by atoms with Crippen LogP contribution in [0.1, 0.15) is 51.4 Å². The standard InChI is InChI=1S/C15H27N3O/c16-14(19)13-11-17-9-10-18(13)12-3-7-15(8-4-12)5-1-2-6-15/h12-13,17H,1-11H2,(H2,16,19). The number of hydrogen-bond donors (Lipinski definition) is 2. The van der Waals surface area contributed by atoms with Crippen LogP contribution in [0.3, 0.4) is 0 Å². The van der Waals surface area contributed by atoms with E-state index in [0.29, 0.717) is 11.5 Å². The maximum absolute atomic E-state index is 11.6. The molecule has 3 rings (SSSR count). The molecule has 0 aromatic carbocycles. The molecule has 3 aliphatic rings. The second-order valence-electron chi connectivity index (χ2n) is 6.80. The van der Waals surface area contributed by atoms with Gasteiger partial charge in [-0.15, -0.1) is 0 Å². The number of nitrogens with two attached hydrogens (primary N) is 1.